The third-order valence-corrected chi connectivity index (χ3v) is 4.52. The molecule has 30 heavy (non-hydrogen) atoms. The van der Waals surface area contributed by atoms with Crippen LogP contribution in [0.25, 0.3) is 0 Å². The summed E-state index contributed by atoms with van der Waals surface area (Å²) in [7, 11) is 0. The number of aliphatic imine (C=N–C) groups is 1. The lowest BCUT2D eigenvalue weighted by Crippen LogP contribution is -2.53. The van der Waals surface area contributed by atoms with Crippen molar-refractivity contribution in [3.63, 3.8) is 0 Å². The molecular weight excluding hydrogens is 384 g/mol. The molecule has 0 saturated carbocycles. The molecule has 1 aromatic rings. The van der Waals surface area contributed by atoms with Gasteiger partial charge in [0.05, 0.1) is 26.4 Å². The van der Waals surface area contributed by atoms with Gasteiger partial charge in [0.1, 0.15) is 5.60 Å². The Hall–Kier alpha value is -2.32. The first-order valence-electron chi connectivity index (χ1n) is 10.5. The van der Waals surface area contributed by atoms with E-state index >= 15 is 0 Å². The first kappa shape index (κ1) is 24.0. The summed E-state index contributed by atoms with van der Waals surface area (Å²) in [6, 6.07) is 8.15. The van der Waals surface area contributed by atoms with E-state index in [1.165, 1.54) is 0 Å². The second kappa shape index (κ2) is 11.8. The Balaban J connectivity index is 1.79. The van der Waals surface area contributed by atoms with Crippen LogP contribution >= 0.6 is 0 Å². The predicted molar refractivity (Wildman–Crippen MR) is 117 cm³/mol. The van der Waals surface area contributed by atoms with Crippen LogP contribution in [0.3, 0.4) is 0 Å². The summed E-state index contributed by atoms with van der Waals surface area (Å²) >= 11 is 0. The lowest BCUT2D eigenvalue weighted by atomic mass is 10.1. The fourth-order valence-corrected chi connectivity index (χ4v) is 2.99. The lowest BCUT2D eigenvalue weighted by Gasteiger charge is -2.36. The lowest BCUT2D eigenvalue weighted by molar-refractivity contribution is 0.0186. The molecule has 1 saturated heterocycles. The number of carbonyl (C=O) groups excluding carboxylic acids is 1. The number of nitrogens with zero attached hydrogens (tertiary/aromatic N) is 3. The standard InChI is InChI=1S/C22H36N4O4/c1-5-28-13-14-29-17-19-8-6-7-18(15-19)16-24-20(23)25-9-11-26(12-10-25)21(27)30-22(2,3)4/h6-8,15H,5,9-14,16-17H2,1-4H3,(H2,23,24). The fourth-order valence-electron chi connectivity index (χ4n) is 2.99. The van der Waals surface area contributed by atoms with Crippen molar-refractivity contribution in [3.05, 3.63) is 35.4 Å². The molecule has 0 aromatic heterocycles. The zero-order valence-corrected chi connectivity index (χ0v) is 18.7. The van der Waals surface area contributed by atoms with E-state index in [1.807, 2.05) is 50.8 Å². The molecule has 1 amide bonds. The van der Waals surface area contributed by atoms with E-state index in [9.17, 15) is 4.79 Å². The number of rotatable bonds is 8. The minimum atomic E-state index is -0.489. The van der Waals surface area contributed by atoms with Crippen LogP contribution in [-0.4, -0.2) is 73.5 Å². The normalized spacial score (nSPS) is 15.4. The van der Waals surface area contributed by atoms with Crippen molar-refractivity contribution in [1.29, 1.82) is 0 Å². The van der Waals surface area contributed by atoms with Crippen molar-refractivity contribution >= 4 is 12.1 Å². The second-order valence-corrected chi connectivity index (χ2v) is 8.20. The zero-order valence-electron chi connectivity index (χ0n) is 18.7. The maximum absolute atomic E-state index is 12.2. The molecule has 2 N–H and O–H groups in total. The van der Waals surface area contributed by atoms with Crippen LogP contribution < -0.4 is 5.73 Å². The molecule has 1 heterocycles. The summed E-state index contributed by atoms with van der Waals surface area (Å²) in [5, 5.41) is 0. The first-order valence-corrected chi connectivity index (χ1v) is 10.5. The molecule has 168 valence electrons. The van der Waals surface area contributed by atoms with Crippen molar-refractivity contribution in [1.82, 2.24) is 9.80 Å². The van der Waals surface area contributed by atoms with Crippen LogP contribution in [0.2, 0.25) is 0 Å². The van der Waals surface area contributed by atoms with Crippen molar-refractivity contribution < 1.29 is 19.0 Å². The number of nitrogens with two attached hydrogens (primary N) is 1. The number of benzene rings is 1. The molecule has 1 fully saturated rings. The van der Waals surface area contributed by atoms with Crippen molar-refractivity contribution in [2.75, 3.05) is 46.0 Å². The highest BCUT2D eigenvalue weighted by Gasteiger charge is 2.26. The molecule has 0 radical (unpaired) electrons. The summed E-state index contributed by atoms with van der Waals surface area (Å²) in [6.45, 7) is 12.9. The minimum absolute atomic E-state index is 0.280. The third-order valence-electron chi connectivity index (χ3n) is 4.52. The van der Waals surface area contributed by atoms with E-state index in [-0.39, 0.29) is 6.09 Å². The molecular formula is C22H36N4O4. The van der Waals surface area contributed by atoms with Gasteiger partial charge in [-0.2, -0.15) is 0 Å². The van der Waals surface area contributed by atoms with Crippen LogP contribution in [0.5, 0.6) is 0 Å². The Bertz CT molecular complexity index is 695. The summed E-state index contributed by atoms with van der Waals surface area (Å²) in [4.78, 5) is 20.4. The van der Waals surface area contributed by atoms with E-state index in [0.717, 1.165) is 11.1 Å². The SMILES string of the molecule is CCOCCOCc1cccc(CN=C(N)N2CCN(C(=O)OC(C)(C)C)CC2)c1. The smallest absolute Gasteiger partial charge is 0.410 e. The van der Waals surface area contributed by atoms with Crippen molar-refractivity contribution in [3.8, 4) is 0 Å². The number of hydrogen-bond donors (Lipinski definition) is 1. The minimum Gasteiger partial charge on any atom is -0.444 e. The molecule has 8 heteroatoms. The van der Waals surface area contributed by atoms with Gasteiger partial charge in [-0.1, -0.05) is 24.3 Å². The molecule has 0 unspecified atom stereocenters. The summed E-state index contributed by atoms with van der Waals surface area (Å²) < 4.78 is 16.3. The summed E-state index contributed by atoms with van der Waals surface area (Å²) in [6.07, 6.45) is -0.280. The number of amides is 1. The second-order valence-electron chi connectivity index (χ2n) is 8.20. The number of carbonyl (C=O) groups is 1. The first-order chi connectivity index (χ1) is 14.3. The Morgan fingerprint density at radius 1 is 1.07 bits per heavy atom. The van der Waals surface area contributed by atoms with Gasteiger partial charge >= 0.3 is 6.09 Å². The van der Waals surface area contributed by atoms with E-state index in [4.69, 9.17) is 19.9 Å². The van der Waals surface area contributed by atoms with Crippen LogP contribution in [0.1, 0.15) is 38.8 Å². The van der Waals surface area contributed by atoms with Gasteiger partial charge < -0.3 is 29.7 Å². The van der Waals surface area contributed by atoms with Gasteiger partial charge in [0.2, 0.25) is 0 Å². The van der Waals surface area contributed by atoms with Gasteiger partial charge in [-0.05, 0) is 38.8 Å². The Kier molecular flexibility index (Phi) is 9.39. The van der Waals surface area contributed by atoms with Gasteiger partial charge in [0.15, 0.2) is 5.96 Å². The molecule has 2 rings (SSSR count). The van der Waals surface area contributed by atoms with E-state index in [1.54, 1.807) is 4.90 Å². The zero-order chi connectivity index (χ0) is 22.0. The molecule has 0 bridgehead atoms. The van der Waals surface area contributed by atoms with Crippen LogP contribution in [-0.2, 0) is 27.4 Å². The van der Waals surface area contributed by atoms with Crippen LogP contribution in [0.4, 0.5) is 4.79 Å². The maximum Gasteiger partial charge on any atom is 0.410 e. The van der Waals surface area contributed by atoms with E-state index in [0.29, 0.717) is 65.1 Å². The van der Waals surface area contributed by atoms with E-state index in [2.05, 4.69) is 11.1 Å². The fraction of sp³-hybridized carbons (Fsp3) is 0.636. The van der Waals surface area contributed by atoms with E-state index < -0.39 is 5.60 Å². The molecule has 0 spiro atoms. The quantitative estimate of drug-likeness (QED) is 0.395. The molecule has 8 nitrogen and oxygen atoms in total. The molecule has 1 aromatic carbocycles. The van der Waals surface area contributed by atoms with Gasteiger partial charge in [0, 0.05) is 32.8 Å². The summed E-state index contributed by atoms with van der Waals surface area (Å²) in [5.74, 6) is 0.497. The van der Waals surface area contributed by atoms with Crippen molar-refractivity contribution in [2.24, 2.45) is 10.7 Å². The molecule has 1 aliphatic rings. The van der Waals surface area contributed by atoms with Crippen molar-refractivity contribution in [2.45, 2.75) is 46.4 Å². The molecule has 0 atom stereocenters. The molecule has 0 aliphatic carbocycles. The number of hydrogen-bond acceptors (Lipinski definition) is 5. The number of ether oxygens (including phenoxy) is 3. The number of piperazine rings is 1. The largest absolute Gasteiger partial charge is 0.444 e. The van der Waals surface area contributed by atoms with Gasteiger partial charge in [0.25, 0.3) is 0 Å². The third kappa shape index (κ3) is 8.59. The molecule has 1 aliphatic heterocycles. The highest BCUT2D eigenvalue weighted by atomic mass is 16.6. The predicted octanol–water partition coefficient (Wildman–Crippen LogP) is 2.61. The monoisotopic (exact) mass is 420 g/mol. The highest BCUT2D eigenvalue weighted by Crippen LogP contribution is 2.12. The Morgan fingerprint density at radius 3 is 2.37 bits per heavy atom. The average Bonchev–Trinajstić information content (AvgIpc) is 2.71. The van der Waals surface area contributed by atoms with Gasteiger partial charge in [-0.15, -0.1) is 0 Å². The Labute approximate surface area is 180 Å². The van der Waals surface area contributed by atoms with Crippen LogP contribution in [0, 0.1) is 0 Å². The topological polar surface area (TPSA) is 89.6 Å². The average molecular weight is 421 g/mol. The Morgan fingerprint density at radius 2 is 1.70 bits per heavy atom. The maximum atomic E-state index is 12.2. The highest BCUT2D eigenvalue weighted by molar-refractivity contribution is 5.78. The van der Waals surface area contributed by atoms with Gasteiger partial charge in [-0.25, -0.2) is 9.79 Å². The number of guanidine groups is 1. The summed E-state index contributed by atoms with van der Waals surface area (Å²) in [5.41, 5.74) is 7.88. The van der Waals surface area contributed by atoms with Crippen LogP contribution in [0.15, 0.2) is 29.3 Å². The van der Waals surface area contributed by atoms with Gasteiger partial charge in [-0.3, -0.25) is 0 Å².